The van der Waals surface area contributed by atoms with Crippen LogP contribution in [-0.4, -0.2) is 21.4 Å². The molecule has 0 saturated carbocycles. The fourth-order valence-electron chi connectivity index (χ4n) is 3.63. The van der Waals surface area contributed by atoms with Crippen LogP contribution >= 0.6 is 24.0 Å². The number of fused-ring (bicyclic) bond motifs is 1. The van der Waals surface area contributed by atoms with E-state index in [1.54, 1.807) is 0 Å². The van der Waals surface area contributed by atoms with Crippen molar-refractivity contribution in [3.05, 3.63) is 70.3 Å². The molecular formula is C24H24N2O2S2. The normalized spacial score (nSPS) is 15.4. The summed E-state index contributed by atoms with van der Waals surface area (Å²) in [5, 5.41) is 3.78. The lowest BCUT2D eigenvalue weighted by atomic mass is 10.0. The van der Waals surface area contributed by atoms with Gasteiger partial charge in [0, 0.05) is 22.7 Å². The highest BCUT2D eigenvalue weighted by Gasteiger charge is 2.22. The van der Waals surface area contributed by atoms with E-state index in [4.69, 9.17) is 17.0 Å². The van der Waals surface area contributed by atoms with Gasteiger partial charge in [0.15, 0.2) is 0 Å². The number of carbonyl (C=O) groups excluding carboxylic acids is 1. The second-order valence-electron chi connectivity index (χ2n) is 7.69. The van der Waals surface area contributed by atoms with Crippen LogP contribution in [-0.2, 0) is 11.3 Å². The smallest absolute Gasteiger partial charge is 0.263 e. The van der Waals surface area contributed by atoms with Gasteiger partial charge in [-0.15, -0.1) is 0 Å². The molecule has 4 rings (SSSR count). The van der Waals surface area contributed by atoms with Gasteiger partial charge >= 0.3 is 0 Å². The molecule has 30 heavy (non-hydrogen) atoms. The van der Waals surface area contributed by atoms with Gasteiger partial charge < -0.3 is 14.6 Å². The second kappa shape index (κ2) is 8.66. The molecule has 0 spiro atoms. The lowest BCUT2D eigenvalue weighted by molar-refractivity contribution is -0.115. The number of thiocarbonyl (C=S) groups is 1. The molecule has 6 heteroatoms. The predicted molar refractivity (Wildman–Crippen MR) is 129 cm³/mol. The van der Waals surface area contributed by atoms with E-state index in [9.17, 15) is 4.79 Å². The second-order valence-corrected chi connectivity index (χ2v) is 9.41. The summed E-state index contributed by atoms with van der Waals surface area (Å²) in [4.78, 5) is 12.7. The highest BCUT2D eigenvalue weighted by atomic mass is 32.2. The first-order valence-corrected chi connectivity index (χ1v) is 11.2. The number of hydrogen-bond acceptors (Lipinski definition) is 4. The number of ether oxygens (including phenoxy) is 1. The van der Waals surface area contributed by atoms with Crippen molar-refractivity contribution in [3.63, 3.8) is 0 Å². The van der Waals surface area contributed by atoms with Crippen molar-refractivity contribution in [3.8, 4) is 5.75 Å². The van der Waals surface area contributed by atoms with Gasteiger partial charge in [-0.1, -0.05) is 68.2 Å². The van der Waals surface area contributed by atoms with E-state index < -0.39 is 0 Å². The van der Waals surface area contributed by atoms with Crippen LogP contribution in [0.2, 0.25) is 0 Å². The molecule has 1 aliphatic heterocycles. The van der Waals surface area contributed by atoms with E-state index >= 15 is 0 Å². The Morgan fingerprint density at radius 2 is 2.03 bits per heavy atom. The van der Waals surface area contributed by atoms with Gasteiger partial charge in [-0.2, -0.15) is 0 Å². The van der Waals surface area contributed by atoms with E-state index in [0.717, 1.165) is 22.2 Å². The summed E-state index contributed by atoms with van der Waals surface area (Å²) in [6.45, 7) is 7.72. The van der Waals surface area contributed by atoms with Gasteiger partial charge in [0.25, 0.3) is 5.91 Å². The molecule has 3 aromatic rings. The van der Waals surface area contributed by atoms with Crippen LogP contribution in [0.15, 0.2) is 53.6 Å². The molecule has 4 nitrogen and oxygen atoms in total. The minimum atomic E-state index is -0.133. The molecule has 1 aromatic heterocycles. The topological polar surface area (TPSA) is 43.3 Å². The monoisotopic (exact) mass is 436 g/mol. The summed E-state index contributed by atoms with van der Waals surface area (Å²) in [6, 6.07) is 14.6. The van der Waals surface area contributed by atoms with Gasteiger partial charge in [-0.3, -0.25) is 4.79 Å². The zero-order valence-electron chi connectivity index (χ0n) is 17.3. The zero-order chi connectivity index (χ0) is 21.3. The number of rotatable bonds is 6. The Labute approximate surface area is 186 Å². The number of amides is 1. The van der Waals surface area contributed by atoms with Crippen LogP contribution < -0.4 is 10.1 Å². The summed E-state index contributed by atoms with van der Waals surface area (Å²) in [5.41, 5.74) is 4.54. The average Bonchev–Trinajstić information content (AvgIpc) is 3.21. The zero-order valence-corrected chi connectivity index (χ0v) is 18.9. The summed E-state index contributed by atoms with van der Waals surface area (Å²) in [7, 11) is 0. The molecule has 2 aromatic carbocycles. The molecular weight excluding hydrogens is 412 g/mol. The Hall–Kier alpha value is -2.57. The largest absolute Gasteiger partial charge is 0.491 e. The van der Waals surface area contributed by atoms with Gasteiger partial charge in [0.2, 0.25) is 0 Å². The van der Waals surface area contributed by atoms with Crippen molar-refractivity contribution >= 4 is 51.2 Å². The molecule has 1 N–H and O–H groups in total. The Morgan fingerprint density at radius 1 is 1.23 bits per heavy atom. The Balaban J connectivity index is 1.57. The number of thioether (sulfide) groups is 1. The van der Waals surface area contributed by atoms with Gasteiger partial charge in [-0.25, -0.2) is 0 Å². The summed E-state index contributed by atoms with van der Waals surface area (Å²) < 4.78 is 8.87. The fourth-order valence-corrected chi connectivity index (χ4v) is 4.67. The molecule has 1 amide bonds. The molecule has 1 fully saturated rings. The number of para-hydroxylation sites is 1. The number of nitrogens with one attached hydrogen (secondary N) is 1. The molecule has 0 radical (unpaired) electrons. The fraction of sp³-hybridized carbons (Fsp3) is 0.250. The van der Waals surface area contributed by atoms with Crippen LogP contribution in [0.3, 0.4) is 0 Å². The maximum Gasteiger partial charge on any atom is 0.263 e. The Morgan fingerprint density at radius 3 is 2.77 bits per heavy atom. The predicted octanol–water partition coefficient (Wildman–Crippen LogP) is 5.64. The molecule has 1 aliphatic rings. The van der Waals surface area contributed by atoms with Crippen LogP contribution in [0.4, 0.5) is 0 Å². The summed E-state index contributed by atoms with van der Waals surface area (Å²) >= 11 is 6.41. The standard InChI is InChI=1S/C24H24N2O2S2/c1-15(2)18-9-8-16(3)12-21(18)28-11-10-26-14-17(19-6-4-5-7-20(19)26)13-22-23(27)25-24(29)30-22/h4-9,12-15H,10-11H2,1-3H3,(H,25,27,29). The molecule has 1 saturated heterocycles. The lowest BCUT2D eigenvalue weighted by Crippen LogP contribution is -2.17. The van der Waals surface area contributed by atoms with Crippen molar-refractivity contribution in [2.75, 3.05) is 6.61 Å². The number of aromatic nitrogens is 1. The first-order chi connectivity index (χ1) is 14.4. The molecule has 0 bridgehead atoms. The van der Waals surface area contributed by atoms with Gasteiger partial charge in [-0.05, 0) is 42.2 Å². The highest BCUT2D eigenvalue weighted by molar-refractivity contribution is 8.26. The third kappa shape index (κ3) is 4.30. The molecule has 0 aliphatic carbocycles. The summed E-state index contributed by atoms with van der Waals surface area (Å²) in [5.74, 6) is 1.23. The first kappa shape index (κ1) is 20.7. The Kier molecular flexibility index (Phi) is 5.97. The molecule has 154 valence electrons. The van der Waals surface area contributed by atoms with Gasteiger partial charge in [0.1, 0.15) is 16.7 Å². The SMILES string of the molecule is Cc1ccc(C(C)C)c(OCCn2cc(C=C3SC(=S)NC3=O)c3ccccc32)c1. The lowest BCUT2D eigenvalue weighted by Gasteiger charge is -2.15. The van der Waals surface area contributed by atoms with Gasteiger partial charge in [0.05, 0.1) is 11.4 Å². The number of hydrogen-bond donors (Lipinski definition) is 1. The van der Waals surface area contributed by atoms with Crippen molar-refractivity contribution in [2.45, 2.75) is 33.2 Å². The Bertz CT molecular complexity index is 1160. The first-order valence-electron chi connectivity index (χ1n) is 9.98. The van der Waals surface area contributed by atoms with Crippen molar-refractivity contribution < 1.29 is 9.53 Å². The van der Waals surface area contributed by atoms with Crippen molar-refractivity contribution in [2.24, 2.45) is 0 Å². The third-order valence-electron chi connectivity index (χ3n) is 5.13. The van der Waals surface area contributed by atoms with Crippen molar-refractivity contribution in [1.82, 2.24) is 9.88 Å². The third-order valence-corrected chi connectivity index (χ3v) is 6.29. The summed E-state index contributed by atoms with van der Waals surface area (Å²) in [6.07, 6.45) is 3.99. The molecule has 2 heterocycles. The molecule has 0 atom stereocenters. The van der Waals surface area contributed by atoms with E-state index in [1.165, 1.54) is 22.9 Å². The van der Waals surface area contributed by atoms with Crippen LogP contribution in [0.1, 0.15) is 36.5 Å². The van der Waals surface area contributed by atoms with Crippen molar-refractivity contribution in [1.29, 1.82) is 0 Å². The van der Waals surface area contributed by atoms with Crippen LogP contribution in [0, 0.1) is 6.92 Å². The molecule has 0 unspecified atom stereocenters. The van der Waals surface area contributed by atoms with Crippen LogP contribution in [0.5, 0.6) is 5.75 Å². The quantitative estimate of drug-likeness (QED) is 0.401. The maximum atomic E-state index is 12.1. The number of aryl methyl sites for hydroxylation is 1. The van der Waals surface area contributed by atoms with Crippen LogP contribution in [0.25, 0.3) is 17.0 Å². The average molecular weight is 437 g/mol. The minimum absolute atomic E-state index is 0.133. The number of carbonyl (C=O) groups is 1. The highest BCUT2D eigenvalue weighted by Crippen LogP contribution is 2.30. The van der Waals surface area contributed by atoms with E-state index in [-0.39, 0.29) is 5.91 Å². The van der Waals surface area contributed by atoms with E-state index in [1.807, 2.05) is 18.2 Å². The number of nitrogens with zero attached hydrogens (tertiary/aromatic N) is 1. The number of benzene rings is 2. The van der Waals surface area contributed by atoms with E-state index in [0.29, 0.717) is 28.3 Å². The minimum Gasteiger partial charge on any atom is -0.491 e. The van der Waals surface area contributed by atoms with E-state index in [2.05, 4.69) is 67.2 Å². The maximum absolute atomic E-state index is 12.1.